The van der Waals surface area contributed by atoms with E-state index >= 15 is 4.39 Å². The summed E-state index contributed by atoms with van der Waals surface area (Å²) in [5.41, 5.74) is 7.35. The fraction of sp³-hybridized carbons (Fsp3) is 0.396. The van der Waals surface area contributed by atoms with Crippen LogP contribution in [0.2, 0.25) is 0 Å². The lowest BCUT2D eigenvalue weighted by atomic mass is 9.87. The summed E-state index contributed by atoms with van der Waals surface area (Å²) in [5.74, 6) is 0.334. The van der Waals surface area contributed by atoms with Gasteiger partial charge in [0, 0.05) is 78.6 Å². The number of piperidine rings is 2. The Bertz CT molecular complexity index is 2640. The molecular weight excluding hydrogens is 800 g/mol. The number of fused-ring (bicyclic) bond motifs is 1. The molecule has 14 nitrogen and oxygen atoms in total. The van der Waals surface area contributed by atoms with Crippen LogP contribution in [0.15, 0.2) is 77.4 Å². The second-order valence-corrected chi connectivity index (χ2v) is 18.2. The van der Waals surface area contributed by atoms with Crippen LogP contribution in [0.25, 0.3) is 33.4 Å². The van der Waals surface area contributed by atoms with E-state index in [1.165, 1.54) is 11.3 Å². The Morgan fingerprint density at radius 3 is 2.33 bits per heavy atom. The number of H-pyrrole nitrogens is 1. The summed E-state index contributed by atoms with van der Waals surface area (Å²) in [6, 6.07) is 22.1. The van der Waals surface area contributed by atoms with Gasteiger partial charge in [-0.05, 0) is 116 Å². The summed E-state index contributed by atoms with van der Waals surface area (Å²) < 4.78 is 21.2. The summed E-state index contributed by atoms with van der Waals surface area (Å²) in [6.45, 7) is 13.3. The smallest absolute Gasteiger partial charge is 0.328 e. The molecule has 3 aromatic carbocycles. The number of urea groups is 1. The van der Waals surface area contributed by atoms with E-state index < -0.39 is 11.7 Å². The molecule has 0 saturated carbocycles. The molecule has 326 valence electrons. The molecule has 0 spiro atoms. The molecule has 3 N–H and O–H groups in total. The number of hydrogen-bond acceptors (Lipinski definition) is 10. The number of carbonyl (C=O) groups excluding carboxylic acids is 3. The summed E-state index contributed by atoms with van der Waals surface area (Å²) >= 11 is 0. The van der Waals surface area contributed by atoms with Crippen molar-refractivity contribution < 1.29 is 23.3 Å². The van der Waals surface area contributed by atoms with E-state index in [0.717, 1.165) is 80.6 Å². The fourth-order valence-electron chi connectivity index (χ4n) is 9.03. The molecule has 3 aromatic heterocycles. The molecule has 0 unspecified atom stereocenters. The van der Waals surface area contributed by atoms with Crippen molar-refractivity contribution in [1.29, 1.82) is 0 Å². The highest BCUT2D eigenvalue weighted by Gasteiger charge is 2.28. The molecule has 3 aliphatic heterocycles. The molecule has 3 aliphatic rings. The number of imide groups is 1. The minimum atomic E-state index is -0.521. The largest absolute Gasteiger partial charge is 0.372 e. The Labute approximate surface area is 365 Å². The number of pyridine rings is 1. The molecule has 0 radical (unpaired) electrons. The molecule has 15 heteroatoms. The SMILES string of the molecule is Cc1c(CNC(=O)c2nc(C(C)(C)C)no2)ccc(-c2n[nH]c3ncc(-c4ccc(C5CCN(CC6CCN(c7ccc(N8CCC(=O)NC8=O)cc7)CC6)CC5)cc4)cc23)c1F. The number of hydrogen-bond donors (Lipinski definition) is 3. The number of aromatic amines is 1. The molecule has 63 heavy (non-hydrogen) atoms. The van der Waals surface area contributed by atoms with Gasteiger partial charge in [0.15, 0.2) is 11.5 Å². The van der Waals surface area contributed by atoms with Crippen LogP contribution in [0.4, 0.5) is 20.6 Å². The fourth-order valence-corrected chi connectivity index (χ4v) is 9.03. The molecule has 0 aliphatic carbocycles. The van der Waals surface area contributed by atoms with Crippen molar-refractivity contribution in [3.63, 3.8) is 0 Å². The van der Waals surface area contributed by atoms with Gasteiger partial charge in [0.05, 0.1) is 0 Å². The van der Waals surface area contributed by atoms with E-state index in [0.29, 0.717) is 58.7 Å². The Morgan fingerprint density at radius 2 is 1.63 bits per heavy atom. The van der Waals surface area contributed by atoms with E-state index in [1.54, 1.807) is 24.0 Å². The maximum absolute atomic E-state index is 16.0. The lowest BCUT2D eigenvalue weighted by molar-refractivity contribution is -0.120. The number of halogens is 1. The van der Waals surface area contributed by atoms with Crippen LogP contribution in [0, 0.1) is 18.7 Å². The standard InChI is InChI=1S/C48H53FN10O4/c1-29-34(26-51-44(61)45-53-46(56-63-45)48(2,3)4)9-14-38(41(29)49)42-39-25-35(27-50-43(39)55-54-42)32-7-5-31(6-8-32)33-17-20-57(21-18-33)28-30-15-22-58(23-16-30)36-10-12-37(13-11-36)59-24-19-40(60)52-47(59)62/h5-14,25,27,30,33H,15-24,26,28H2,1-4H3,(H,51,61)(H,50,54,55)(H,52,60,62). The van der Waals surface area contributed by atoms with Gasteiger partial charge in [-0.1, -0.05) is 56.3 Å². The summed E-state index contributed by atoms with van der Waals surface area (Å²) in [6.07, 6.45) is 6.72. The Balaban J connectivity index is 0.771. The van der Waals surface area contributed by atoms with Crippen molar-refractivity contribution in [2.24, 2.45) is 5.92 Å². The first-order chi connectivity index (χ1) is 30.4. The van der Waals surface area contributed by atoms with Crippen LogP contribution in [0.3, 0.4) is 0 Å². The third kappa shape index (κ3) is 8.92. The minimum absolute atomic E-state index is 0.0894. The van der Waals surface area contributed by atoms with Crippen LogP contribution in [-0.4, -0.2) is 87.3 Å². The molecule has 9 rings (SSSR count). The van der Waals surface area contributed by atoms with Crippen LogP contribution >= 0.6 is 0 Å². The van der Waals surface area contributed by atoms with Crippen molar-refractivity contribution in [2.45, 2.75) is 77.7 Å². The number of anilines is 2. The molecule has 6 aromatic rings. The van der Waals surface area contributed by atoms with E-state index in [-0.39, 0.29) is 29.8 Å². The van der Waals surface area contributed by atoms with Crippen molar-refractivity contribution >= 4 is 40.3 Å². The number of nitrogens with zero attached hydrogens (tertiary/aromatic N) is 7. The van der Waals surface area contributed by atoms with Crippen LogP contribution in [-0.2, 0) is 16.8 Å². The predicted molar refractivity (Wildman–Crippen MR) is 239 cm³/mol. The van der Waals surface area contributed by atoms with Crippen LogP contribution in [0.1, 0.15) is 92.0 Å². The topological polar surface area (TPSA) is 165 Å². The Hall–Kier alpha value is -6.48. The highest BCUT2D eigenvalue weighted by atomic mass is 19.1. The maximum Gasteiger partial charge on any atom is 0.328 e. The van der Waals surface area contributed by atoms with Gasteiger partial charge in [0.25, 0.3) is 0 Å². The zero-order chi connectivity index (χ0) is 43.8. The molecular formula is C48H53FN10O4. The maximum atomic E-state index is 16.0. The average Bonchev–Trinajstić information content (AvgIpc) is 3.97. The van der Waals surface area contributed by atoms with Gasteiger partial charge >= 0.3 is 17.8 Å². The number of benzene rings is 3. The van der Waals surface area contributed by atoms with Gasteiger partial charge in [-0.3, -0.25) is 24.9 Å². The van der Waals surface area contributed by atoms with Crippen molar-refractivity contribution in [2.75, 3.05) is 49.1 Å². The molecule has 3 fully saturated rings. The second kappa shape index (κ2) is 17.4. The number of likely N-dealkylation sites (tertiary alicyclic amines) is 1. The minimum Gasteiger partial charge on any atom is -0.372 e. The second-order valence-electron chi connectivity index (χ2n) is 18.2. The summed E-state index contributed by atoms with van der Waals surface area (Å²) in [5, 5.41) is 17.2. The summed E-state index contributed by atoms with van der Waals surface area (Å²) in [4.78, 5) is 52.1. The normalized spacial score (nSPS) is 17.1. The third-order valence-electron chi connectivity index (χ3n) is 12.9. The summed E-state index contributed by atoms with van der Waals surface area (Å²) in [7, 11) is 0. The van der Waals surface area contributed by atoms with Crippen LogP contribution < -0.4 is 20.4 Å². The predicted octanol–water partition coefficient (Wildman–Crippen LogP) is 7.89. The zero-order valence-corrected chi connectivity index (χ0v) is 36.2. The monoisotopic (exact) mass is 852 g/mol. The first-order valence-corrected chi connectivity index (χ1v) is 21.9. The molecule has 3 saturated heterocycles. The number of amides is 4. The Morgan fingerprint density at radius 1 is 0.905 bits per heavy atom. The lowest BCUT2D eigenvalue weighted by Crippen LogP contribution is -2.49. The Kier molecular flexibility index (Phi) is 11.5. The van der Waals surface area contributed by atoms with Gasteiger partial charge in [-0.15, -0.1) is 0 Å². The number of aromatic nitrogens is 5. The average molecular weight is 853 g/mol. The molecule has 4 amide bonds. The quantitative estimate of drug-likeness (QED) is 0.123. The van der Waals surface area contributed by atoms with Gasteiger partial charge in [-0.25, -0.2) is 14.2 Å². The first-order valence-electron chi connectivity index (χ1n) is 21.9. The third-order valence-corrected chi connectivity index (χ3v) is 12.9. The molecule has 6 heterocycles. The lowest BCUT2D eigenvalue weighted by Gasteiger charge is -2.38. The van der Waals surface area contributed by atoms with Crippen LogP contribution in [0.5, 0.6) is 0 Å². The molecule has 0 bridgehead atoms. The molecule has 0 atom stereocenters. The first kappa shape index (κ1) is 41.9. The van der Waals surface area contributed by atoms with Gasteiger partial charge < -0.3 is 19.6 Å². The van der Waals surface area contributed by atoms with Crippen molar-refractivity contribution in [3.05, 3.63) is 107 Å². The van der Waals surface area contributed by atoms with E-state index in [1.807, 2.05) is 45.2 Å². The number of nitrogens with one attached hydrogen (secondary N) is 3. The van der Waals surface area contributed by atoms with Crippen molar-refractivity contribution in [3.8, 4) is 22.4 Å². The zero-order valence-electron chi connectivity index (χ0n) is 36.2. The van der Waals surface area contributed by atoms with Gasteiger partial charge in [0.1, 0.15) is 11.5 Å². The van der Waals surface area contributed by atoms with E-state index in [9.17, 15) is 14.4 Å². The van der Waals surface area contributed by atoms with Crippen molar-refractivity contribution in [1.82, 2.24) is 40.9 Å². The highest BCUT2D eigenvalue weighted by Crippen LogP contribution is 2.35. The number of rotatable bonds is 10. The van der Waals surface area contributed by atoms with Gasteiger partial charge in [-0.2, -0.15) is 10.1 Å². The van der Waals surface area contributed by atoms with Gasteiger partial charge in [0.2, 0.25) is 5.91 Å². The van der Waals surface area contributed by atoms with E-state index in [2.05, 4.69) is 82.2 Å². The van der Waals surface area contributed by atoms with E-state index in [4.69, 9.17) is 4.52 Å². The number of carbonyl (C=O) groups is 3. The highest BCUT2D eigenvalue weighted by molar-refractivity contribution is 6.05.